The molecule has 0 aliphatic carbocycles. The van der Waals surface area contributed by atoms with Gasteiger partial charge in [-0.05, 0) is 22.4 Å². The van der Waals surface area contributed by atoms with E-state index < -0.39 is 4.81 Å². The predicted octanol–water partition coefficient (Wildman–Crippen LogP) is 3.33. The van der Waals surface area contributed by atoms with Crippen LogP contribution in [-0.4, -0.2) is 28.9 Å². The Morgan fingerprint density at radius 1 is 1.17 bits per heavy atom. The minimum atomic E-state index is -1.11. The van der Waals surface area contributed by atoms with E-state index in [-0.39, 0.29) is 18.3 Å². The molecule has 0 amide bonds. The summed E-state index contributed by atoms with van der Waals surface area (Å²) < 4.78 is 0. The number of thioether (sulfide) groups is 1. The van der Waals surface area contributed by atoms with Crippen molar-refractivity contribution in [3.63, 3.8) is 0 Å². The molecule has 3 rings (SSSR count). The lowest BCUT2D eigenvalue weighted by atomic mass is 10.0. The van der Waals surface area contributed by atoms with Crippen molar-refractivity contribution < 1.29 is 10.0 Å². The predicted molar refractivity (Wildman–Crippen MR) is 74.3 cm³/mol. The van der Waals surface area contributed by atoms with Crippen LogP contribution in [0.15, 0.2) is 42.5 Å². The van der Waals surface area contributed by atoms with Crippen LogP contribution >= 0.6 is 11.8 Å². The summed E-state index contributed by atoms with van der Waals surface area (Å²) in [6, 6.07) is 14.4. The Balaban J connectivity index is 1.94. The SMILES string of the molecule is [O-][N+]1(O)CCSC(c2ccc3ccccc3c2)C1. The molecular weight excluding hydrogens is 246 g/mol. The average Bonchev–Trinajstić information content (AvgIpc) is 2.37. The smallest absolute Gasteiger partial charge is 0.124 e. The second-order valence-electron chi connectivity index (χ2n) is 4.72. The first kappa shape index (κ1) is 12.0. The fraction of sp³-hybridized carbons (Fsp3) is 0.286. The molecule has 1 fully saturated rings. The van der Waals surface area contributed by atoms with E-state index in [2.05, 4.69) is 30.3 Å². The Morgan fingerprint density at radius 2 is 1.94 bits per heavy atom. The number of rotatable bonds is 1. The number of quaternary nitrogens is 1. The lowest BCUT2D eigenvalue weighted by Gasteiger charge is -2.40. The molecule has 0 radical (unpaired) electrons. The third kappa shape index (κ3) is 2.37. The summed E-state index contributed by atoms with van der Waals surface area (Å²) in [7, 11) is 0. The van der Waals surface area contributed by atoms with Crippen LogP contribution in [0.4, 0.5) is 0 Å². The Hall–Kier alpha value is -1.07. The maximum Gasteiger partial charge on any atom is 0.124 e. The highest BCUT2D eigenvalue weighted by Gasteiger charge is 2.28. The van der Waals surface area contributed by atoms with Gasteiger partial charge in [-0.25, -0.2) is 10.0 Å². The summed E-state index contributed by atoms with van der Waals surface area (Å²) in [5.41, 5.74) is 1.13. The largest absolute Gasteiger partial charge is 0.598 e. The average molecular weight is 261 g/mol. The second kappa shape index (κ2) is 4.55. The number of hydrogen-bond acceptors (Lipinski definition) is 3. The van der Waals surface area contributed by atoms with E-state index in [0.29, 0.717) is 5.75 Å². The summed E-state index contributed by atoms with van der Waals surface area (Å²) in [5.74, 6) is 0.706. The molecule has 1 aliphatic rings. The topological polar surface area (TPSA) is 43.3 Å². The standard InChI is InChI=1S/C14H15NO2S/c16-15(17)7-8-18-14(10-15)13-6-5-11-3-1-2-4-12(11)9-13/h1-6,9,14,16H,7-8,10H2. The van der Waals surface area contributed by atoms with Crippen LogP contribution in [-0.2, 0) is 0 Å². The Morgan fingerprint density at radius 3 is 2.72 bits per heavy atom. The van der Waals surface area contributed by atoms with Crippen molar-refractivity contribution in [3.05, 3.63) is 53.2 Å². The van der Waals surface area contributed by atoms with E-state index in [1.165, 1.54) is 10.8 Å². The molecule has 1 heterocycles. The van der Waals surface area contributed by atoms with Crippen LogP contribution in [0.2, 0.25) is 0 Å². The molecule has 2 aromatic rings. The van der Waals surface area contributed by atoms with Crippen LogP contribution in [0.1, 0.15) is 10.8 Å². The van der Waals surface area contributed by atoms with Crippen molar-refractivity contribution in [3.8, 4) is 0 Å². The van der Waals surface area contributed by atoms with Gasteiger partial charge in [-0.15, -0.1) is 11.8 Å². The zero-order chi connectivity index (χ0) is 12.6. The molecule has 0 bridgehead atoms. The zero-order valence-electron chi connectivity index (χ0n) is 9.95. The normalized spacial score (nSPS) is 28.4. The maximum atomic E-state index is 11.6. The third-order valence-corrected chi connectivity index (χ3v) is 4.60. The Kier molecular flexibility index (Phi) is 3.03. The Labute approximate surface area is 110 Å². The molecule has 1 N–H and O–H groups in total. The molecular formula is C14H15NO2S. The molecule has 2 atom stereocenters. The lowest BCUT2D eigenvalue weighted by Crippen LogP contribution is -2.46. The fourth-order valence-electron chi connectivity index (χ4n) is 2.35. The van der Waals surface area contributed by atoms with Gasteiger partial charge in [0, 0.05) is 5.75 Å². The summed E-state index contributed by atoms with van der Waals surface area (Å²) >= 11 is 1.75. The van der Waals surface area contributed by atoms with Crippen LogP contribution in [0.3, 0.4) is 0 Å². The van der Waals surface area contributed by atoms with Gasteiger partial charge in [0.05, 0.1) is 5.25 Å². The zero-order valence-corrected chi connectivity index (χ0v) is 10.8. The van der Waals surface area contributed by atoms with Crippen LogP contribution in [0.25, 0.3) is 10.8 Å². The molecule has 94 valence electrons. The molecule has 0 spiro atoms. The van der Waals surface area contributed by atoms with E-state index >= 15 is 0 Å². The molecule has 0 aromatic heterocycles. The van der Waals surface area contributed by atoms with Gasteiger partial charge in [0.25, 0.3) is 0 Å². The number of nitrogens with zero attached hydrogens (tertiary/aromatic N) is 1. The van der Waals surface area contributed by atoms with Crippen molar-refractivity contribution in [2.24, 2.45) is 0 Å². The molecule has 2 unspecified atom stereocenters. The van der Waals surface area contributed by atoms with Gasteiger partial charge in [0.1, 0.15) is 13.1 Å². The first-order chi connectivity index (χ1) is 8.64. The fourth-order valence-corrected chi connectivity index (χ4v) is 3.70. The molecule has 4 heteroatoms. The van der Waals surface area contributed by atoms with E-state index in [4.69, 9.17) is 0 Å². The van der Waals surface area contributed by atoms with E-state index in [1.54, 1.807) is 11.8 Å². The quantitative estimate of drug-likeness (QED) is 0.632. The molecule has 1 aliphatic heterocycles. The third-order valence-electron chi connectivity index (χ3n) is 3.36. The van der Waals surface area contributed by atoms with Gasteiger partial charge < -0.3 is 5.21 Å². The summed E-state index contributed by atoms with van der Waals surface area (Å²) in [6.45, 7) is 0.526. The minimum Gasteiger partial charge on any atom is -0.598 e. The van der Waals surface area contributed by atoms with Crippen molar-refractivity contribution in [2.45, 2.75) is 5.25 Å². The molecule has 2 aromatic carbocycles. The molecule has 0 saturated carbocycles. The van der Waals surface area contributed by atoms with Gasteiger partial charge >= 0.3 is 0 Å². The Bertz CT molecular complexity index is 570. The van der Waals surface area contributed by atoms with Crippen molar-refractivity contribution in [2.75, 3.05) is 18.8 Å². The summed E-state index contributed by atoms with van der Waals surface area (Å²) in [5, 5.41) is 23.7. The van der Waals surface area contributed by atoms with Crippen LogP contribution < -0.4 is 0 Å². The van der Waals surface area contributed by atoms with Crippen molar-refractivity contribution >= 4 is 22.5 Å². The van der Waals surface area contributed by atoms with Gasteiger partial charge in [0.2, 0.25) is 0 Å². The maximum absolute atomic E-state index is 11.6. The van der Waals surface area contributed by atoms with Crippen molar-refractivity contribution in [1.29, 1.82) is 0 Å². The first-order valence-electron chi connectivity index (χ1n) is 6.05. The van der Waals surface area contributed by atoms with Gasteiger partial charge in [-0.2, -0.15) is 0 Å². The highest BCUT2D eigenvalue weighted by Crippen LogP contribution is 2.36. The first-order valence-corrected chi connectivity index (χ1v) is 7.10. The van der Waals surface area contributed by atoms with E-state index in [9.17, 15) is 10.4 Å². The number of benzene rings is 2. The summed E-state index contributed by atoms with van der Waals surface area (Å²) in [6.07, 6.45) is 0. The van der Waals surface area contributed by atoms with Gasteiger partial charge in [0.15, 0.2) is 0 Å². The molecule has 3 nitrogen and oxygen atoms in total. The van der Waals surface area contributed by atoms with Crippen LogP contribution in [0, 0.1) is 5.21 Å². The highest BCUT2D eigenvalue weighted by atomic mass is 32.2. The minimum absolute atomic E-state index is 0.0888. The van der Waals surface area contributed by atoms with Gasteiger partial charge in [-0.1, -0.05) is 36.4 Å². The van der Waals surface area contributed by atoms with Gasteiger partial charge in [-0.3, -0.25) is 0 Å². The van der Waals surface area contributed by atoms with E-state index in [1.807, 2.05) is 12.1 Å². The summed E-state index contributed by atoms with van der Waals surface area (Å²) in [4.78, 5) is -1.11. The van der Waals surface area contributed by atoms with E-state index in [0.717, 1.165) is 5.56 Å². The monoisotopic (exact) mass is 261 g/mol. The highest BCUT2D eigenvalue weighted by molar-refractivity contribution is 7.99. The number of hydroxylamine groups is 4. The second-order valence-corrected chi connectivity index (χ2v) is 6.03. The molecule has 1 saturated heterocycles. The number of hydrogen-bond donors (Lipinski definition) is 1. The molecule has 18 heavy (non-hydrogen) atoms. The number of fused-ring (bicyclic) bond motifs is 1. The van der Waals surface area contributed by atoms with Crippen LogP contribution in [0.5, 0.6) is 0 Å². The van der Waals surface area contributed by atoms with Crippen molar-refractivity contribution in [1.82, 2.24) is 0 Å². The lowest BCUT2D eigenvalue weighted by molar-refractivity contribution is -1.06.